The molecular weight excluding hydrogens is 422 g/mol. The highest BCUT2D eigenvalue weighted by Crippen LogP contribution is 2.38. The fraction of sp³-hybridized carbons (Fsp3) is 0.400. The number of imidazole rings is 1. The van der Waals surface area contributed by atoms with Crippen LogP contribution in [0.3, 0.4) is 0 Å². The van der Waals surface area contributed by atoms with Crippen molar-refractivity contribution in [3.63, 3.8) is 0 Å². The fourth-order valence-electron chi connectivity index (χ4n) is 4.82. The number of hydrogen-bond acceptors (Lipinski definition) is 5. The summed E-state index contributed by atoms with van der Waals surface area (Å²) >= 11 is 0. The average Bonchev–Trinajstić information content (AvgIpc) is 3.43. The number of carbonyl (C=O) groups is 2. The van der Waals surface area contributed by atoms with Crippen LogP contribution in [0.25, 0.3) is 16.8 Å². The molecule has 1 fully saturated rings. The van der Waals surface area contributed by atoms with E-state index in [-0.39, 0.29) is 37.4 Å². The van der Waals surface area contributed by atoms with Crippen LogP contribution in [0.5, 0.6) is 11.5 Å². The number of carbonyl (C=O) groups excluding carboxylic acids is 1. The number of fused-ring (bicyclic) bond motifs is 2. The van der Waals surface area contributed by atoms with Gasteiger partial charge in [0.15, 0.2) is 11.5 Å². The molecule has 0 aliphatic carbocycles. The summed E-state index contributed by atoms with van der Waals surface area (Å²) in [6.45, 7) is 3.33. The average molecular weight is 450 g/mol. The quantitative estimate of drug-likeness (QED) is 0.613. The van der Waals surface area contributed by atoms with Gasteiger partial charge in [-0.05, 0) is 49.1 Å². The molecule has 0 saturated carbocycles. The number of benzene rings is 1. The predicted octanol–water partition coefficient (Wildman–Crippen LogP) is 3.94. The molecule has 0 bridgehead atoms. The summed E-state index contributed by atoms with van der Waals surface area (Å²) in [7, 11) is 0. The summed E-state index contributed by atoms with van der Waals surface area (Å²) < 4.78 is 13.1. The first kappa shape index (κ1) is 21.3. The summed E-state index contributed by atoms with van der Waals surface area (Å²) in [4.78, 5) is 30.7. The maximum Gasteiger partial charge on any atom is 0.303 e. The molecule has 1 aromatic carbocycles. The number of hydrogen-bond donors (Lipinski definition) is 1. The van der Waals surface area contributed by atoms with E-state index >= 15 is 0 Å². The number of nitrogens with zero attached hydrogens (tertiary/aromatic N) is 3. The minimum absolute atomic E-state index is 0.00674. The van der Waals surface area contributed by atoms with Gasteiger partial charge in [0.2, 0.25) is 12.7 Å². The third-order valence-corrected chi connectivity index (χ3v) is 6.41. The van der Waals surface area contributed by atoms with Crippen LogP contribution in [0.2, 0.25) is 0 Å². The summed E-state index contributed by atoms with van der Waals surface area (Å²) in [5.74, 6) is 1.47. The molecule has 1 saturated heterocycles. The Hall–Kier alpha value is -3.55. The van der Waals surface area contributed by atoms with Crippen LogP contribution >= 0.6 is 0 Å². The number of pyridine rings is 1. The molecule has 2 aromatic heterocycles. The highest BCUT2D eigenvalue weighted by molar-refractivity contribution is 5.80. The van der Waals surface area contributed by atoms with E-state index in [9.17, 15) is 9.59 Å². The SMILES string of the molecule is CC(CC(=O)O)CC(=O)N1CCCC(c2nc(-c3ccc4c(c3)OCO4)c3ccccn23)C1. The molecule has 3 aromatic rings. The van der Waals surface area contributed by atoms with Crippen molar-refractivity contribution >= 4 is 17.4 Å². The maximum absolute atomic E-state index is 12.8. The Kier molecular flexibility index (Phi) is 5.66. The van der Waals surface area contributed by atoms with Crippen molar-refractivity contribution in [2.75, 3.05) is 19.9 Å². The van der Waals surface area contributed by atoms with E-state index in [2.05, 4.69) is 10.5 Å². The van der Waals surface area contributed by atoms with Crippen molar-refractivity contribution in [1.82, 2.24) is 14.3 Å². The van der Waals surface area contributed by atoms with E-state index in [0.717, 1.165) is 46.9 Å². The van der Waals surface area contributed by atoms with Crippen LogP contribution in [0, 0.1) is 5.92 Å². The van der Waals surface area contributed by atoms with Gasteiger partial charge < -0.3 is 23.9 Å². The van der Waals surface area contributed by atoms with Crippen LogP contribution in [-0.2, 0) is 9.59 Å². The molecule has 8 nitrogen and oxygen atoms in total. The number of aliphatic carboxylic acids is 1. The molecule has 0 spiro atoms. The van der Waals surface area contributed by atoms with E-state index in [0.29, 0.717) is 13.1 Å². The number of aromatic nitrogens is 2. The van der Waals surface area contributed by atoms with E-state index in [1.54, 1.807) is 0 Å². The van der Waals surface area contributed by atoms with E-state index in [4.69, 9.17) is 19.6 Å². The van der Waals surface area contributed by atoms with Gasteiger partial charge in [0.1, 0.15) is 5.82 Å². The zero-order valence-electron chi connectivity index (χ0n) is 18.6. The van der Waals surface area contributed by atoms with Crippen molar-refractivity contribution in [3.8, 4) is 22.8 Å². The molecule has 172 valence electrons. The molecule has 2 unspecified atom stereocenters. The van der Waals surface area contributed by atoms with E-state index in [1.807, 2.05) is 48.4 Å². The van der Waals surface area contributed by atoms with Gasteiger partial charge in [-0.25, -0.2) is 4.98 Å². The fourth-order valence-corrected chi connectivity index (χ4v) is 4.82. The van der Waals surface area contributed by atoms with Gasteiger partial charge >= 0.3 is 5.97 Å². The highest BCUT2D eigenvalue weighted by atomic mass is 16.7. The van der Waals surface area contributed by atoms with Crippen LogP contribution in [-0.4, -0.2) is 51.2 Å². The summed E-state index contributed by atoms with van der Waals surface area (Å²) in [6.07, 6.45) is 4.12. The standard InChI is InChI=1S/C25H27N3O5/c1-16(12-23(30)31)11-22(29)27-9-4-5-18(14-27)25-26-24(19-6-2-3-10-28(19)25)17-7-8-20-21(13-17)33-15-32-20/h2-3,6-8,10,13,16,18H,4-5,9,11-12,14-15H2,1H3,(H,30,31). The number of carboxylic acids is 1. The Morgan fingerprint density at radius 3 is 2.88 bits per heavy atom. The van der Waals surface area contributed by atoms with Crippen molar-refractivity contribution in [2.24, 2.45) is 5.92 Å². The van der Waals surface area contributed by atoms with E-state index < -0.39 is 5.97 Å². The minimum Gasteiger partial charge on any atom is -0.481 e. The second-order valence-electron chi connectivity index (χ2n) is 8.93. The lowest BCUT2D eigenvalue weighted by Crippen LogP contribution is -2.40. The molecule has 8 heteroatoms. The summed E-state index contributed by atoms with van der Waals surface area (Å²) in [6, 6.07) is 11.9. The van der Waals surface area contributed by atoms with Crippen molar-refractivity contribution in [1.29, 1.82) is 0 Å². The van der Waals surface area contributed by atoms with Gasteiger partial charge in [-0.15, -0.1) is 0 Å². The van der Waals surface area contributed by atoms with Crippen LogP contribution < -0.4 is 9.47 Å². The smallest absolute Gasteiger partial charge is 0.303 e. The number of amides is 1. The van der Waals surface area contributed by atoms with Crippen LogP contribution in [0.15, 0.2) is 42.6 Å². The second kappa shape index (κ2) is 8.77. The second-order valence-corrected chi connectivity index (χ2v) is 8.93. The van der Waals surface area contributed by atoms with Gasteiger partial charge in [-0.2, -0.15) is 0 Å². The Balaban J connectivity index is 1.42. The minimum atomic E-state index is -0.869. The number of rotatable bonds is 6. The van der Waals surface area contributed by atoms with Crippen LogP contribution in [0.1, 0.15) is 44.3 Å². The number of likely N-dealkylation sites (tertiary alicyclic amines) is 1. The highest BCUT2D eigenvalue weighted by Gasteiger charge is 2.29. The van der Waals surface area contributed by atoms with Gasteiger partial charge in [0.05, 0.1) is 11.2 Å². The number of ether oxygens (including phenoxy) is 2. The first-order valence-electron chi connectivity index (χ1n) is 11.4. The maximum atomic E-state index is 12.8. The van der Waals surface area contributed by atoms with Gasteiger partial charge in [0, 0.05) is 43.6 Å². The molecular formula is C25H27N3O5. The molecule has 5 rings (SSSR count). The number of carboxylic acid groups (broad SMARTS) is 1. The zero-order chi connectivity index (χ0) is 22.9. The van der Waals surface area contributed by atoms with E-state index in [1.165, 1.54) is 0 Å². The molecule has 33 heavy (non-hydrogen) atoms. The summed E-state index contributed by atoms with van der Waals surface area (Å²) in [5, 5.41) is 9.00. The zero-order valence-corrected chi connectivity index (χ0v) is 18.6. The monoisotopic (exact) mass is 449 g/mol. The first-order valence-corrected chi connectivity index (χ1v) is 11.4. The lowest BCUT2D eigenvalue weighted by atomic mass is 9.95. The van der Waals surface area contributed by atoms with Gasteiger partial charge in [0.25, 0.3) is 0 Å². The lowest BCUT2D eigenvalue weighted by Gasteiger charge is -2.33. The Morgan fingerprint density at radius 2 is 2.03 bits per heavy atom. The number of piperidine rings is 1. The lowest BCUT2D eigenvalue weighted by molar-refractivity contribution is -0.138. The molecule has 4 heterocycles. The molecule has 1 amide bonds. The molecule has 2 atom stereocenters. The Labute approximate surface area is 191 Å². The van der Waals surface area contributed by atoms with Crippen LogP contribution in [0.4, 0.5) is 0 Å². The van der Waals surface area contributed by atoms with Crippen molar-refractivity contribution < 1.29 is 24.2 Å². The molecule has 2 aliphatic rings. The summed E-state index contributed by atoms with van der Waals surface area (Å²) in [5.41, 5.74) is 2.84. The van der Waals surface area contributed by atoms with Gasteiger partial charge in [-0.1, -0.05) is 13.0 Å². The largest absolute Gasteiger partial charge is 0.481 e. The molecule has 2 aliphatic heterocycles. The van der Waals surface area contributed by atoms with Gasteiger partial charge in [-0.3, -0.25) is 9.59 Å². The molecule has 1 N–H and O–H groups in total. The third kappa shape index (κ3) is 4.25. The first-order chi connectivity index (χ1) is 16.0. The Morgan fingerprint density at radius 1 is 1.18 bits per heavy atom. The third-order valence-electron chi connectivity index (χ3n) is 6.41. The Bertz CT molecular complexity index is 1200. The molecule has 0 radical (unpaired) electrons. The predicted molar refractivity (Wildman–Crippen MR) is 121 cm³/mol. The topological polar surface area (TPSA) is 93.4 Å². The van der Waals surface area contributed by atoms with Crippen molar-refractivity contribution in [3.05, 3.63) is 48.4 Å². The normalized spacial score (nSPS) is 18.5. The van der Waals surface area contributed by atoms with Crippen molar-refractivity contribution in [2.45, 2.75) is 38.5 Å².